The number of aromatic nitrogens is 2. The van der Waals surface area contributed by atoms with Gasteiger partial charge in [-0.15, -0.1) is 0 Å². The van der Waals surface area contributed by atoms with Crippen molar-refractivity contribution in [1.29, 1.82) is 0 Å². The zero-order chi connectivity index (χ0) is 18.9. The number of nitrogens with one attached hydrogen (secondary N) is 1. The maximum Gasteiger partial charge on any atom is 0.238 e. The molecule has 7 nitrogen and oxygen atoms in total. The van der Waals surface area contributed by atoms with Crippen molar-refractivity contribution in [2.24, 2.45) is 5.14 Å². The molecule has 2 unspecified atom stereocenters. The first kappa shape index (κ1) is 19.0. The Bertz CT molecular complexity index is 896. The highest BCUT2D eigenvalue weighted by Crippen LogP contribution is 2.30. The lowest BCUT2D eigenvalue weighted by Gasteiger charge is -2.27. The van der Waals surface area contributed by atoms with Gasteiger partial charge >= 0.3 is 0 Å². The molecule has 1 aliphatic heterocycles. The molecule has 0 radical (unpaired) electrons. The Labute approximate surface area is 158 Å². The molecule has 26 heavy (non-hydrogen) atoms. The molecule has 0 spiro atoms. The largest absolute Gasteiger partial charge is 0.340 e. The molecule has 3 N–H and O–H groups in total. The fourth-order valence-corrected chi connectivity index (χ4v) is 3.97. The van der Waals surface area contributed by atoms with Crippen molar-refractivity contribution in [2.45, 2.75) is 50.2 Å². The summed E-state index contributed by atoms with van der Waals surface area (Å²) in [6.07, 6.45) is 3.65. The Kier molecular flexibility index (Phi) is 5.47. The minimum atomic E-state index is -3.80. The molecule has 2 atom stereocenters. The SMILES string of the molecule is CC1CCC(C)N1Cc1ccc(S(N)(=O)=O)cc1Nc1cc(Cl)ncn1. The molecular weight excluding hydrogens is 374 g/mol. The molecule has 3 rings (SSSR count). The summed E-state index contributed by atoms with van der Waals surface area (Å²) in [7, 11) is -3.80. The van der Waals surface area contributed by atoms with Crippen molar-refractivity contribution in [2.75, 3.05) is 5.32 Å². The summed E-state index contributed by atoms with van der Waals surface area (Å²) in [5.74, 6) is 0.486. The molecule has 1 aromatic heterocycles. The molecule has 0 saturated carbocycles. The third kappa shape index (κ3) is 4.32. The third-order valence-corrected chi connectivity index (χ3v) is 5.91. The quantitative estimate of drug-likeness (QED) is 0.755. The van der Waals surface area contributed by atoms with Crippen molar-refractivity contribution in [1.82, 2.24) is 14.9 Å². The Balaban J connectivity index is 1.97. The number of hydrogen-bond acceptors (Lipinski definition) is 6. The van der Waals surface area contributed by atoms with E-state index in [1.165, 1.54) is 18.5 Å². The number of primary sulfonamides is 1. The molecule has 1 aromatic carbocycles. The summed E-state index contributed by atoms with van der Waals surface area (Å²) in [4.78, 5) is 10.4. The first-order valence-corrected chi connectivity index (χ1v) is 10.3. The van der Waals surface area contributed by atoms with Crippen LogP contribution in [0.25, 0.3) is 0 Å². The summed E-state index contributed by atoms with van der Waals surface area (Å²) >= 11 is 5.92. The van der Waals surface area contributed by atoms with Gasteiger partial charge in [0.05, 0.1) is 4.90 Å². The van der Waals surface area contributed by atoms with Gasteiger partial charge in [0.15, 0.2) is 0 Å². The fraction of sp³-hybridized carbons (Fsp3) is 0.412. The molecule has 2 aromatic rings. The molecule has 1 aliphatic rings. The van der Waals surface area contributed by atoms with Gasteiger partial charge in [0.25, 0.3) is 0 Å². The van der Waals surface area contributed by atoms with Crippen LogP contribution in [0.3, 0.4) is 0 Å². The van der Waals surface area contributed by atoms with Crippen LogP contribution in [0.4, 0.5) is 11.5 Å². The molecular formula is C17H22ClN5O2S. The highest BCUT2D eigenvalue weighted by Gasteiger charge is 2.28. The summed E-state index contributed by atoms with van der Waals surface area (Å²) in [6, 6.07) is 7.40. The molecule has 140 valence electrons. The van der Waals surface area contributed by atoms with Crippen LogP contribution in [0.15, 0.2) is 35.5 Å². The highest BCUT2D eigenvalue weighted by atomic mass is 35.5. The van der Waals surface area contributed by atoms with Gasteiger partial charge in [-0.3, -0.25) is 4.90 Å². The molecule has 2 heterocycles. The number of benzene rings is 1. The Hall–Kier alpha value is -1.74. The Morgan fingerprint density at radius 1 is 1.23 bits per heavy atom. The number of hydrogen-bond donors (Lipinski definition) is 2. The van der Waals surface area contributed by atoms with Crippen LogP contribution in [-0.4, -0.2) is 35.4 Å². The predicted molar refractivity (Wildman–Crippen MR) is 102 cm³/mol. The maximum atomic E-state index is 11.7. The van der Waals surface area contributed by atoms with Gasteiger partial charge in [-0.05, 0) is 44.4 Å². The third-order valence-electron chi connectivity index (χ3n) is 4.79. The van der Waals surface area contributed by atoms with Crippen molar-refractivity contribution >= 4 is 33.1 Å². The van der Waals surface area contributed by atoms with Gasteiger partial charge in [0.2, 0.25) is 10.0 Å². The van der Waals surface area contributed by atoms with E-state index >= 15 is 0 Å². The second kappa shape index (κ2) is 7.48. The van der Waals surface area contributed by atoms with E-state index in [0.717, 1.165) is 18.4 Å². The van der Waals surface area contributed by atoms with Gasteiger partial charge in [-0.25, -0.2) is 23.5 Å². The smallest absolute Gasteiger partial charge is 0.238 e. The van der Waals surface area contributed by atoms with Crippen molar-refractivity contribution < 1.29 is 8.42 Å². The van der Waals surface area contributed by atoms with Gasteiger partial charge in [0, 0.05) is 30.4 Å². The lowest BCUT2D eigenvalue weighted by Crippen LogP contribution is -2.32. The standard InChI is InChI=1S/C17H22ClN5O2S/c1-11-3-4-12(2)23(11)9-13-5-6-14(26(19,24)25)7-15(13)22-17-8-16(18)20-10-21-17/h5-8,10-12H,3-4,9H2,1-2H3,(H2,19,24,25)(H,20,21,22). The number of nitrogens with two attached hydrogens (primary N) is 1. The molecule has 0 bridgehead atoms. The number of sulfonamides is 1. The van der Waals surface area contributed by atoms with Gasteiger partial charge in [-0.1, -0.05) is 17.7 Å². The molecule has 9 heteroatoms. The van der Waals surface area contributed by atoms with E-state index in [-0.39, 0.29) is 4.90 Å². The van der Waals surface area contributed by atoms with E-state index in [0.29, 0.717) is 35.3 Å². The van der Waals surface area contributed by atoms with E-state index in [1.54, 1.807) is 12.1 Å². The van der Waals surface area contributed by atoms with E-state index in [9.17, 15) is 8.42 Å². The molecule has 0 aliphatic carbocycles. The van der Waals surface area contributed by atoms with Crippen LogP contribution < -0.4 is 10.5 Å². The number of halogens is 1. The van der Waals surface area contributed by atoms with Gasteiger partial charge < -0.3 is 5.32 Å². The van der Waals surface area contributed by atoms with Crippen molar-refractivity contribution in [3.8, 4) is 0 Å². The summed E-state index contributed by atoms with van der Waals surface area (Å²) in [5, 5.41) is 8.73. The minimum absolute atomic E-state index is 0.0476. The molecule has 1 fully saturated rings. The minimum Gasteiger partial charge on any atom is -0.340 e. The summed E-state index contributed by atoms with van der Waals surface area (Å²) in [6.45, 7) is 5.12. The lowest BCUT2D eigenvalue weighted by molar-refractivity contribution is 0.205. The van der Waals surface area contributed by atoms with Crippen LogP contribution in [0.1, 0.15) is 32.3 Å². The number of rotatable bonds is 5. The first-order chi connectivity index (χ1) is 12.2. The molecule has 1 saturated heterocycles. The average molecular weight is 396 g/mol. The highest BCUT2D eigenvalue weighted by molar-refractivity contribution is 7.89. The molecule has 0 amide bonds. The maximum absolute atomic E-state index is 11.7. The zero-order valence-electron chi connectivity index (χ0n) is 14.7. The first-order valence-electron chi connectivity index (χ1n) is 8.40. The van der Waals surface area contributed by atoms with Crippen LogP contribution in [0.2, 0.25) is 5.15 Å². The predicted octanol–water partition coefficient (Wildman–Crippen LogP) is 2.89. The normalized spacial score (nSPS) is 21.1. The monoisotopic (exact) mass is 395 g/mol. The number of likely N-dealkylation sites (tertiary alicyclic amines) is 1. The fourth-order valence-electron chi connectivity index (χ4n) is 3.28. The second-order valence-corrected chi connectivity index (χ2v) is 8.61. The average Bonchev–Trinajstić information content (AvgIpc) is 2.87. The van der Waals surface area contributed by atoms with Crippen LogP contribution in [-0.2, 0) is 16.6 Å². The van der Waals surface area contributed by atoms with E-state index in [4.69, 9.17) is 16.7 Å². The summed E-state index contributed by atoms with van der Waals surface area (Å²) in [5.41, 5.74) is 1.60. The summed E-state index contributed by atoms with van der Waals surface area (Å²) < 4.78 is 23.5. The Morgan fingerprint density at radius 2 is 1.92 bits per heavy atom. The van der Waals surface area contributed by atoms with Crippen molar-refractivity contribution in [3.63, 3.8) is 0 Å². The van der Waals surface area contributed by atoms with Crippen molar-refractivity contribution in [3.05, 3.63) is 41.3 Å². The van der Waals surface area contributed by atoms with E-state index < -0.39 is 10.0 Å². The van der Waals surface area contributed by atoms with Gasteiger partial charge in [0.1, 0.15) is 17.3 Å². The number of nitrogens with zero attached hydrogens (tertiary/aromatic N) is 3. The van der Waals surface area contributed by atoms with Crippen LogP contribution in [0, 0.1) is 0 Å². The zero-order valence-corrected chi connectivity index (χ0v) is 16.3. The van der Waals surface area contributed by atoms with E-state index in [2.05, 4.69) is 34.0 Å². The van der Waals surface area contributed by atoms with Crippen LogP contribution >= 0.6 is 11.6 Å². The number of anilines is 2. The second-order valence-electron chi connectivity index (χ2n) is 6.66. The topological polar surface area (TPSA) is 101 Å². The van der Waals surface area contributed by atoms with Crippen LogP contribution in [0.5, 0.6) is 0 Å². The lowest BCUT2D eigenvalue weighted by atomic mass is 10.1. The van der Waals surface area contributed by atoms with Gasteiger partial charge in [-0.2, -0.15) is 0 Å². The van der Waals surface area contributed by atoms with E-state index in [1.807, 2.05) is 0 Å². The Morgan fingerprint density at radius 3 is 2.54 bits per heavy atom.